The lowest BCUT2D eigenvalue weighted by Gasteiger charge is -2.29. The number of nitrogens with one attached hydrogen (secondary N) is 3. The highest BCUT2D eigenvalue weighted by atomic mass is 16.3. The van der Waals surface area contributed by atoms with Crippen LogP contribution >= 0.6 is 0 Å². The quantitative estimate of drug-likeness (QED) is 0.629. The number of aliphatic hydroxyl groups is 1. The lowest BCUT2D eigenvalue weighted by Crippen LogP contribution is -2.55. The molecule has 1 fully saturated rings. The molecule has 2 amide bonds. The molecule has 2 atom stereocenters. The Hall–Kier alpha value is -1.59. The third kappa shape index (κ3) is 4.54. The summed E-state index contributed by atoms with van der Waals surface area (Å²) in [5.74, 6) is 0. The van der Waals surface area contributed by atoms with Gasteiger partial charge in [0.2, 0.25) is 0 Å². The number of amides is 2. The topological polar surface area (TPSA) is 73.4 Å². The summed E-state index contributed by atoms with van der Waals surface area (Å²) in [4.78, 5) is 11.7. The maximum absolute atomic E-state index is 11.7. The molecule has 0 saturated carbocycles. The van der Waals surface area contributed by atoms with E-state index in [0.717, 1.165) is 13.0 Å². The summed E-state index contributed by atoms with van der Waals surface area (Å²) in [6.45, 7) is 2.01. The molecule has 1 aliphatic rings. The predicted octanol–water partition coefficient (Wildman–Crippen LogP) is 0.251. The number of carbonyl (C=O) groups is 1. The fraction of sp³-hybridized carbons (Fsp3) is 0.500. The lowest BCUT2D eigenvalue weighted by molar-refractivity contribution is 0.102. The molecule has 104 valence electrons. The van der Waals surface area contributed by atoms with Gasteiger partial charge >= 0.3 is 6.03 Å². The average Bonchev–Trinajstić information content (AvgIpc) is 2.43. The van der Waals surface area contributed by atoms with Crippen molar-refractivity contribution < 1.29 is 9.90 Å². The third-order valence-corrected chi connectivity index (χ3v) is 3.30. The second-order valence-electron chi connectivity index (χ2n) is 4.80. The molecule has 1 heterocycles. The van der Waals surface area contributed by atoms with Gasteiger partial charge in [0.15, 0.2) is 0 Å². The molecule has 19 heavy (non-hydrogen) atoms. The SMILES string of the molecule is O=C(NCCc1ccccc1)NC1CNCCC1O. The summed E-state index contributed by atoms with van der Waals surface area (Å²) in [6.07, 6.45) is 1.02. The van der Waals surface area contributed by atoms with Gasteiger partial charge in [0.05, 0.1) is 12.1 Å². The second kappa shape index (κ2) is 7.11. The van der Waals surface area contributed by atoms with Crippen LogP contribution in [0, 0.1) is 0 Å². The summed E-state index contributed by atoms with van der Waals surface area (Å²) in [5, 5.41) is 18.5. The van der Waals surface area contributed by atoms with E-state index in [1.807, 2.05) is 30.3 Å². The van der Waals surface area contributed by atoms with Crippen LogP contribution in [0.4, 0.5) is 4.79 Å². The highest BCUT2D eigenvalue weighted by Gasteiger charge is 2.23. The molecule has 0 aromatic heterocycles. The van der Waals surface area contributed by atoms with Crippen molar-refractivity contribution >= 4 is 6.03 Å². The van der Waals surface area contributed by atoms with Crippen LogP contribution in [0.25, 0.3) is 0 Å². The molecule has 2 rings (SSSR count). The first-order valence-electron chi connectivity index (χ1n) is 6.73. The first-order chi connectivity index (χ1) is 9.25. The first-order valence-corrected chi connectivity index (χ1v) is 6.73. The molecular formula is C14H21N3O2. The molecule has 4 N–H and O–H groups in total. The highest BCUT2D eigenvalue weighted by Crippen LogP contribution is 2.03. The summed E-state index contributed by atoms with van der Waals surface area (Å²) < 4.78 is 0. The number of piperidine rings is 1. The van der Waals surface area contributed by atoms with Crippen LogP contribution in [-0.2, 0) is 6.42 Å². The van der Waals surface area contributed by atoms with Crippen molar-refractivity contribution in [2.45, 2.75) is 25.0 Å². The van der Waals surface area contributed by atoms with Crippen LogP contribution < -0.4 is 16.0 Å². The zero-order chi connectivity index (χ0) is 13.5. The Morgan fingerprint density at radius 1 is 1.37 bits per heavy atom. The number of benzene rings is 1. The van der Waals surface area contributed by atoms with E-state index in [4.69, 9.17) is 0 Å². The maximum atomic E-state index is 11.7. The van der Waals surface area contributed by atoms with Crippen molar-refractivity contribution in [3.05, 3.63) is 35.9 Å². The van der Waals surface area contributed by atoms with Crippen LogP contribution in [0.15, 0.2) is 30.3 Å². The van der Waals surface area contributed by atoms with Crippen LogP contribution in [0.1, 0.15) is 12.0 Å². The largest absolute Gasteiger partial charge is 0.391 e. The van der Waals surface area contributed by atoms with E-state index in [-0.39, 0.29) is 12.1 Å². The average molecular weight is 263 g/mol. The van der Waals surface area contributed by atoms with E-state index in [1.165, 1.54) is 5.56 Å². The molecule has 0 bridgehead atoms. The monoisotopic (exact) mass is 263 g/mol. The van der Waals surface area contributed by atoms with E-state index in [1.54, 1.807) is 0 Å². The van der Waals surface area contributed by atoms with E-state index in [0.29, 0.717) is 19.5 Å². The number of hydrogen-bond donors (Lipinski definition) is 4. The van der Waals surface area contributed by atoms with Crippen molar-refractivity contribution in [3.63, 3.8) is 0 Å². The van der Waals surface area contributed by atoms with Gasteiger partial charge in [0.25, 0.3) is 0 Å². The summed E-state index contributed by atoms with van der Waals surface area (Å²) in [6, 6.07) is 9.59. The maximum Gasteiger partial charge on any atom is 0.315 e. The molecule has 0 radical (unpaired) electrons. The van der Waals surface area contributed by atoms with Crippen molar-refractivity contribution in [2.24, 2.45) is 0 Å². The molecule has 1 saturated heterocycles. The van der Waals surface area contributed by atoms with Crippen molar-refractivity contribution in [1.82, 2.24) is 16.0 Å². The third-order valence-electron chi connectivity index (χ3n) is 3.30. The minimum absolute atomic E-state index is 0.203. The predicted molar refractivity (Wildman–Crippen MR) is 74.0 cm³/mol. The van der Waals surface area contributed by atoms with Gasteiger partial charge < -0.3 is 21.1 Å². The fourth-order valence-electron chi connectivity index (χ4n) is 2.18. The van der Waals surface area contributed by atoms with Gasteiger partial charge in [-0.15, -0.1) is 0 Å². The van der Waals surface area contributed by atoms with E-state index < -0.39 is 6.10 Å². The van der Waals surface area contributed by atoms with Crippen molar-refractivity contribution in [3.8, 4) is 0 Å². The summed E-state index contributed by atoms with van der Waals surface area (Å²) in [7, 11) is 0. The molecule has 2 unspecified atom stereocenters. The smallest absolute Gasteiger partial charge is 0.315 e. The van der Waals surface area contributed by atoms with Crippen LogP contribution in [0.2, 0.25) is 0 Å². The summed E-state index contributed by atoms with van der Waals surface area (Å²) in [5.41, 5.74) is 1.20. The lowest BCUT2D eigenvalue weighted by atomic mass is 10.0. The zero-order valence-corrected chi connectivity index (χ0v) is 10.9. The zero-order valence-electron chi connectivity index (χ0n) is 10.9. The van der Waals surface area contributed by atoms with E-state index in [2.05, 4.69) is 16.0 Å². The fourth-order valence-corrected chi connectivity index (χ4v) is 2.18. The van der Waals surface area contributed by atoms with Gasteiger partial charge in [-0.3, -0.25) is 0 Å². The molecule has 1 aliphatic heterocycles. The Morgan fingerprint density at radius 3 is 2.89 bits per heavy atom. The molecule has 0 aliphatic carbocycles. The Kier molecular flexibility index (Phi) is 5.18. The molecule has 5 nitrogen and oxygen atoms in total. The number of aliphatic hydroxyl groups excluding tert-OH is 1. The van der Waals surface area contributed by atoms with Gasteiger partial charge in [-0.2, -0.15) is 0 Å². The van der Waals surface area contributed by atoms with E-state index >= 15 is 0 Å². The van der Waals surface area contributed by atoms with Crippen molar-refractivity contribution in [1.29, 1.82) is 0 Å². The van der Waals surface area contributed by atoms with Crippen LogP contribution in [0.3, 0.4) is 0 Å². The number of rotatable bonds is 4. The van der Waals surface area contributed by atoms with Crippen LogP contribution in [0.5, 0.6) is 0 Å². The highest BCUT2D eigenvalue weighted by molar-refractivity contribution is 5.74. The molecule has 1 aromatic carbocycles. The molecular weight excluding hydrogens is 242 g/mol. The van der Waals surface area contributed by atoms with Crippen LogP contribution in [-0.4, -0.2) is 42.9 Å². The minimum Gasteiger partial charge on any atom is -0.391 e. The number of hydrogen-bond acceptors (Lipinski definition) is 3. The first kappa shape index (κ1) is 13.8. The molecule has 0 spiro atoms. The van der Waals surface area contributed by atoms with Gasteiger partial charge in [0.1, 0.15) is 0 Å². The standard InChI is InChI=1S/C14H21N3O2/c18-13-7-8-15-10-12(13)17-14(19)16-9-6-11-4-2-1-3-5-11/h1-5,12-13,15,18H,6-10H2,(H2,16,17,19). The minimum atomic E-state index is -0.457. The van der Waals surface area contributed by atoms with Gasteiger partial charge in [0, 0.05) is 13.1 Å². The second-order valence-corrected chi connectivity index (χ2v) is 4.80. The Morgan fingerprint density at radius 2 is 2.16 bits per heavy atom. The molecule has 1 aromatic rings. The van der Waals surface area contributed by atoms with Gasteiger partial charge in [-0.05, 0) is 24.9 Å². The Bertz CT molecular complexity index is 397. The van der Waals surface area contributed by atoms with Gasteiger partial charge in [-0.25, -0.2) is 4.79 Å². The van der Waals surface area contributed by atoms with Gasteiger partial charge in [-0.1, -0.05) is 30.3 Å². The Balaban J connectivity index is 1.67. The number of carbonyl (C=O) groups excluding carboxylic acids is 1. The normalized spacial score (nSPS) is 22.8. The number of urea groups is 1. The van der Waals surface area contributed by atoms with E-state index in [9.17, 15) is 9.90 Å². The van der Waals surface area contributed by atoms with Crippen molar-refractivity contribution in [2.75, 3.05) is 19.6 Å². The molecule has 5 heteroatoms. The Labute approximate surface area is 113 Å². The summed E-state index contributed by atoms with van der Waals surface area (Å²) >= 11 is 0.